The summed E-state index contributed by atoms with van der Waals surface area (Å²) in [4.78, 5) is 0. The van der Waals surface area contributed by atoms with E-state index >= 15 is 0 Å². The molecule has 4 aromatic rings. The van der Waals surface area contributed by atoms with Gasteiger partial charge in [0.05, 0.1) is 12.4 Å². The van der Waals surface area contributed by atoms with Crippen LogP contribution in [0.4, 0.5) is 12.0 Å². The second kappa shape index (κ2) is 8.36. The van der Waals surface area contributed by atoms with Gasteiger partial charge in [-0.05, 0) is 11.1 Å². The highest BCUT2D eigenvalue weighted by Gasteiger charge is 2.15. The quantitative estimate of drug-likeness (QED) is 0.373. The lowest BCUT2D eigenvalue weighted by Crippen LogP contribution is -1.90. The second-order valence-electron chi connectivity index (χ2n) is 5.39. The first-order chi connectivity index (χ1) is 13.9. The van der Waals surface area contributed by atoms with Gasteiger partial charge in [-0.15, -0.1) is 10.2 Å². The van der Waals surface area contributed by atoms with Crippen LogP contribution >= 0.6 is 0 Å². The first-order valence-corrected chi connectivity index (χ1v) is 8.22. The molecule has 0 radical (unpaired) electrons. The van der Waals surface area contributed by atoms with Crippen molar-refractivity contribution in [3.05, 3.63) is 71.8 Å². The summed E-state index contributed by atoms with van der Waals surface area (Å²) in [7, 11) is 0. The molecule has 138 valence electrons. The molecule has 28 heavy (non-hydrogen) atoms. The molecule has 0 aliphatic heterocycles. The molecule has 2 heterocycles. The minimum Gasteiger partial charge on any atom is -0.398 e. The van der Waals surface area contributed by atoms with Gasteiger partial charge in [-0.25, -0.2) is 10.9 Å². The average Bonchev–Trinajstić information content (AvgIpc) is 3.39. The second-order valence-corrected chi connectivity index (χ2v) is 5.39. The van der Waals surface area contributed by atoms with E-state index in [9.17, 15) is 0 Å². The molecule has 0 fully saturated rings. The van der Waals surface area contributed by atoms with Crippen LogP contribution in [-0.2, 0) is 0 Å². The van der Waals surface area contributed by atoms with E-state index in [2.05, 4.69) is 41.4 Å². The zero-order valence-electron chi connectivity index (χ0n) is 14.4. The Morgan fingerprint density at radius 1 is 0.607 bits per heavy atom. The summed E-state index contributed by atoms with van der Waals surface area (Å²) in [6.07, 6.45) is 3.26. The Bertz CT molecular complexity index is 985. The minimum absolute atomic E-state index is 0.0602. The molecular weight excluding hydrogens is 360 g/mol. The standard InChI is InChI=1S/C18H14N8O2/c1-3-7-13(8-4-1)11-19-23-17-25-21-15(27-17)16-22-26-18(28-16)24-20-12-14-9-5-2-6-10-14/h1-12H,(H,23,25)(H,24,26)/b19-11+,20-12+. The maximum absolute atomic E-state index is 5.39. The molecule has 0 bridgehead atoms. The summed E-state index contributed by atoms with van der Waals surface area (Å²) < 4.78 is 10.8. The van der Waals surface area contributed by atoms with E-state index in [1.165, 1.54) is 0 Å². The summed E-state index contributed by atoms with van der Waals surface area (Å²) >= 11 is 0. The predicted octanol–water partition coefficient (Wildman–Crippen LogP) is 3.01. The Morgan fingerprint density at radius 2 is 1.04 bits per heavy atom. The highest BCUT2D eigenvalue weighted by molar-refractivity contribution is 5.80. The first kappa shape index (κ1) is 17.1. The van der Waals surface area contributed by atoms with Crippen LogP contribution in [0.3, 0.4) is 0 Å². The van der Waals surface area contributed by atoms with Gasteiger partial charge >= 0.3 is 23.8 Å². The smallest absolute Gasteiger partial charge is 0.336 e. The summed E-state index contributed by atoms with van der Waals surface area (Å²) in [6.45, 7) is 0. The molecule has 2 aromatic heterocycles. The number of hydrazone groups is 2. The Kier molecular flexibility index (Phi) is 5.10. The van der Waals surface area contributed by atoms with Crippen LogP contribution in [0.15, 0.2) is 79.7 Å². The van der Waals surface area contributed by atoms with Gasteiger partial charge in [0.25, 0.3) is 0 Å². The third-order valence-electron chi connectivity index (χ3n) is 3.38. The number of anilines is 2. The van der Waals surface area contributed by atoms with Crippen molar-refractivity contribution in [1.82, 2.24) is 20.4 Å². The fourth-order valence-corrected chi connectivity index (χ4v) is 2.11. The number of nitrogens with one attached hydrogen (secondary N) is 2. The Labute approximate surface area is 159 Å². The average molecular weight is 374 g/mol. The van der Waals surface area contributed by atoms with Crippen molar-refractivity contribution in [1.29, 1.82) is 0 Å². The molecule has 10 nitrogen and oxygen atoms in total. The summed E-state index contributed by atoms with van der Waals surface area (Å²) in [5.41, 5.74) is 7.14. The number of benzene rings is 2. The van der Waals surface area contributed by atoms with Gasteiger partial charge in [0.2, 0.25) is 0 Å². The van der Waals surface area contributed by atoms with Gasteiger partial charge < -0.3 is 8.83 Å². The molecule has 10 heteroatoms. The number of nitrogens with zero attached hydrogens (tertiary/aromatic N) is 6. The highest BCUT2D eigenvalue weighted by Crippen LogP contribution is 2.20. The van der Waals surface area contributed by atoms with Crippen molar-refractivity contribution in [3.63, 3.8) is 0 Å². The lowest BCUT2D eigenvalue weighted by atomic mass is 10.2. The van der Waals surface area contributed by atoms with Crippen LogP contribution in [-0.4, -0.2) is 32.8 Å². The number of aromatic nitrogens is 4. The van der Waals surface area contributed by atoms with Crippen LogP contribution in [0.2, 0.25) is 0 Å². The van der Waals surface area contributed by atoms with E-state index in [-0.39, 0.29) is 23.8 Å². The number of rotatable bonds is 7. The molecule has 0 amide bonds. The van der Waals surface area contributed by atoms with Gasteiger partial charge in [0.15, 0.2) is 0 Å². The third kappa shape index (κ3) is 4.43. The van der Waals surface area contributed by atoms with Crippen LogP contribution in [0.25, 0.3) is 11.8 Å². The van der Waals surface area contributed by atoms with E-state index in [0.717, 1.165) is 11.1 Å². The van der Waals surface area contributed by atoms with E-state index in [0.29, 0.717) is 0 Å². The molecule has 4 rings (SSSR count). The van der Waals surface area contributed by atoms with Crippen LogP contribution in [0.1, 0.15) is 11.1 Å². The maximum Gasteiger partial charge on any atom is 0.336 e. The molecule has 0 saturated heterocycles. The van der Waals surface area contributed by atoms with Crippen molar-refractivity contribution in [2.24, 2.45) is 10.2 Å². The largest absolute Gasteiger partial charge is 0.398 e. The van der Waals surface area contributed by atoms with Crippen molar-refractivity contribution in [2.45, 2.75) is 0 Å². The van der Waals surface area contributed by atoms with Crippen LogP contribution in [0.5, 0.6) is 0 Å². The van der Waals surface area contributed by atoms with E-state index in [4.69, 9.17) is 8.83 Å². The normalized spacial score (nSPS) is 11.3. The van der Waals surface area contributed by atoms with Crippen molar-refractivity contribution < 1.29 is 8.83 Å². The van der Waals surface area contributed by atoms with Gasteiger partial charge in [-0.1, -0.05) is 70.9 Å². The van der Waals surface area contributed by atoms with E-state index in [1.54, 1.807) is 12.4 Å². The van der Waals surface area contributed by atoms with Gasteiger partial charge in [0, 0.05) is 0 Å². The van der Waals surface area contributed by atoms with Gasteiger partial charge in [-0.2, -0.15) is 10.2 Å². The lowest BCUT2D eigenvalue weighted by molar-refractivity contribution is 0.521. The minimum atomic E-state index is 0.0602. The Hall–Kier alpha value is -4.34. The summed E-state index contributed by atoms with van der Waals surface area (Å²) in [5, 5.41) is 23.4. The highest BCUT2D eigenvalue weighted by atomic mass is 16.4. The Morgan fingerprint density at radius 3 is 1.46 bits per heavy atom. The molecule has 2 aromatic carbocycles. The first-order valence-electron chi connectivity index (χ1n) is 8.22. The fraction of sp³-hybridized carbons (Fsp3) is 0. The molecule has 0 unspecified atom stereocenters. The zero-order chi connectivity index (χ0) is 19.0. The molecule has 0 spiro atoms. The maximum atomic E-state index is 5.39. The van der Waals surface area contributed by atoms with E-state index < -0.39 is 0 Å². The fourth-order valence-electron chi connectivity index (χ4n) is 2.11. The Balaban J connectivity index is 1.35. The summed E-state index contributed by atoms with van der Waals surface area (Å²) in [6, 6.07) is 19.4. The van der Waals surface area contributed by atoms with Crippen molar-refractivity contribution in [2.75, 3.05) is 10.9 Å². The third-order valence-corrected chi connectivity index (χ3v) is 3.38. The van der Waals surface area contributed by atoms with E-state index in [1.807, 2.05) is 60.7 Å². The SMILES string of the molecule is C(=N\Nc1nnc(-c2nnc(N/N=C/c3ccccc3)o2)o1)/c1ccccc1. The topological polar surface area (TPSA) is 127 Å². The molecular formula is C18H14N8O2. The molecule has 2 N–H and O–H groups in total. The van der Waals surface area contributed by atoms with Crippen LogP contribution < -0.4 is 10.9 Å². The molecule has 0 aliphatic rings. The monoisotopic (exact) mass is 374 g/mol. The number of hydrogen-bond acceptors (Lipinski definition) is 10. The van der Waals surface area contributed by atoms with Crippen LogP contribution in [0, 0.1) is 0 Å². The zero-order valence-corrected chi connectivity index (χ0v) is 14.4. The molecule has 0 saturated carbocycles. The number of hydrogen-bond donors (Lipinski definition) is 2. The van der Waals surface area contributed by atoms with Gasteiger partial charge in [-0.3, -0.25) is 0 Å². The lowest BCUT2D eigenvalue weighted by Gasteiger charge is -1.92. The molecule has 0 aliphatic carbocycles. The predicted molar refractivity (Wildman–Crippen MR) is 103 cm³/mol. The summed E-state index contributed by atoms with van der Waals surface area (Å²) in [5.74, 6) is 0.120. The molecule has 0 atom stereocenters. The van der Waals surface area contributed by atoms with Crippen molar-refractivity contribution in [3.8, 4) is 11.8 Å². The van der Waals surface area contributed by atoms with Gasteiger partial charge in [0.1, 0.15) is 0 Å². The van der Waals surface area contributed by atoms with Crippen molar-refractivity contribution >= 4 is 24.5 Å².